The van der Waals surface area contributed by atoms with Gasteiger partial charge in [0.2, 0.25) is 5.91 Å². The van der Waals surface area contributed by atoms with Crippen LogP contribution in [0.5, 0.6) is 0 Å². The molecule has 1 aromatic rings. The van der Waals surface area contributed by atoms with E-state index in [1.54, 1.807) is 20.0 Å². The standard InChI is InChI=1S/C11H17N3O/c1-8(9-6-4-5-7-13-9)14-10(15)11(2,3)12/h4-8H,12H2,1-3H3,(H,14,15)/t8-/m0/s1. The van der Waals surface area contributed by atoms with Crippen molar-refractivity contribution < 1.29 is 4.79 Å². The highest BCUT2D eigenvalue weighted by Crippen LogP contribution is 2.09. The molecule has 0 radical (unpaired) electrons. The van der Waals surface area contributed by atoms with Gasteiger partial charge in [-0.15, -0.1) is 0 Å². The molecule has 0 bridgehead atoms. The lowest BCUT2D eigenvalue weighted by molar-refractivity contribution is -0.125. The SMILES string of the molecule is C[C@H](NC(=O)C(C)(C)N)c1ccccn1. The molecule has 0 aliphatic carbocycles. The molecule has 82 valence electrons. The molecule has 0 aromatic carbocycles. The average molecular weight is 207 g/mol. The summed E-state index contributed by atoms with van der Waals surface area (Å²) in [5, 5.41) is 2.81. The lowest BCUT2D eigenvalue weighted by Crippen LogP contribution is -2.49. The topological polar surface area (TPSA) is 68.0 Å². The Morgan fingerprint density at radius 1 is 1.53 bits per heavy atom. The molecule has 1 amide bonds. The highest BCUT2D eigenvalue weighted by molar-refractivity contribution is 5.85. The summed E-state index contributed by atoms with van der Waals surface area (Å²) in [7, 11) is 0. The summed E-state index contributed by atoms with van der Waals surface area (Å²) >= 11 is 0. The van der Waals surface area contributed by atoms with E-state index in [-0.39, 0.29) is 11.9 Å². The number of nitrogens with one attached hydrogen (secondary N) is 1. The molecule has 0 unspecified atom stereocenters. The second-order valence-corrected chi connectivity index (χ2v) is 4.17. The molecule has 0 fully saturated rings. The third-order valence-electron chi connectivity index (χ3n) is 2.06. The van der Waals surface area contributed by atoms with Crippen LogP contribution in [-0.4, -0.2) is 16.4 Å². The normalized spacial score (nSPS) is 13.3. The smallest absolute Gasteiger partial charge is 0.240 e. The third kappa shape index (κ3) is 3.32. The summed E-state index contributed by atoms with van der Waals surface area (Å²) in [5.41, 5.74) is 5.64. The van der Waals surface area contributed by atoms with Crippen LogP contribution in [0.15, 0.2) is 24.4 Å². The van der Waals surface area contributed by atoms with Gasteiger partial charge >= 0.3 is 0 Å². The van der Waals surface area contributed by atoms with Crippen molar-refractivity contribution in [2.24, 2.45) is 5.73 Å². The molecule has 4 heteroatoms. The Kier molecular flexibility index (Phi) is 3.42. The lowest BCUT2D eigenvalue weighted by atomic mass is 10.1. The maximum Gasteiger partial charge on any atom is 0.240 e. The minimum atomic E-state index is -0.858. The number of nitrogens with two attached hydrogens (primary N) is 1. The largest absolute Gasteiger partial charge is 0.346 e. The van der Waals surface area contributed by atoms with Gasteiger partial charge < -0.3 is 11.1 Å². The third-order valence-corrected chi connectivity index (χ3v) is 2.06. The van der Waals surface area contributed by atoms with E-state index in [0.717, 1.165) is 5.69 Å². The summed E-state index contributed by atoms with van der Waals surface area (Å²) in [6.45, 7) is 5.23. The van der Waals surface area contributed by atoms with Crippen molar-refractivity contribution in [3.05, 3.63) is 30.1 Å². The minimum Gasteiger partial charge on any atom is -0.346 e. The van der Waals surface area contributed by atoms with E-state index in [0.29, 0.717) is 0 Å². The highest BCUT2D eigenvalue weighted by atomic mass is 16.2. The van der Waals surface area contributed by atoms with Gasteiger partial charge in [0.1, 0.15) is 0 Å². The van der Waals surface area contributed by atoms with Crippen molar-refractivity contribution in [3.63, 3.8) is 0 Å². The van der Waals surface area contributed by atoms with Crippen molar-refractivity contribution in [1.29, 1.82) is 0 Å². The fourth-order valence-electron chi connectivity index (χ4n) is 1.09. The zero-order chi connectivity index (χ0) is 11.5. The van der Waals surface area contributed by atoms with E-state index in [1.165, 1.54) is 0 Å². The van der Waals surface area contributed by atoms with Crippen molar-refractivity contribution in [2.75, 3.05) is 0 Å². The summed E-state index contributed by atoms with van der Waals surface area (Å²) in [5.74, 6) is -0.180. The van der Waals surface area contributed by atoms with Crippen molar-refractivity contribution >= 4 is 5.91 Å². The maximum absolute atomic E-state index is 11.6. The zero-order valence-corrected chi connectivity index (χ0v) is 9.32. The summed E-state index contributed by atoms with van der Waals surface area (Å²) < 4.78 is 0. The van der Waals surface area contributed by atoms with E-state index >= 15 is 0 Å². The average Bonchev–Trinajstić information content (AvgIpc) is 2.17. The Morgan fingerprint density at radius 3 is 2.67 bits per heavy atom. The Labute approximate surface area is 89.9 Å². The quantitative estimate of drug-likeness (QED) is 0.776. The Balaban J connectivity index is 2.65. The number of hydrogen-bond donors (Lipinski definition) is 2. The van der Waals surface area contributed by atoms with Crippen LogP contribution >= 0.6 is 0 Å². The van der Waals surface area contributed by atoms with E-state index in [2.05, 4.69) is 10.3 Å². The van der Waals surface area contributed by atoms with Crippen LogP contribution in [0.4, 0.5) is 0 Å². The van der Waals surface area contributed by atoms with E-state index in [9.17, 15) is 4.79 Å². The van der Waals surface area contributed by atoms with Crippen molar-refractivity contribution in [1.82, 2.24) is 10.3 Å². The number of amides is 1. The van der Waals surface area contributed by atoms with Crippen LogP contribution in [-0.2, 0) is 4.79 Å². The zero-order valence-electron chi connectivity index (χ0n) is 9.32. The maximum atomic E-state index is 11.6. The number of aromatic nitrogens is 1. The Hall–Kier alpha value is -1.42. The van der Waals surface area contributed by atoms with Gasteiger partial charge in [-0.3, -0.25) is 9.78 Å². The van der Waals surface area contributed by atoms with Crippen LogP contribution in [0.25, 0.3) is 0 Å². The van der Waals surface area contributed by atoms with Crippen LogP contribution in [0.2, 0.25) is 0 Å². The number of nitrogens with zero attached hydrogens (tertiary/aromatic N) is 1. The van der Waals surface area contributed by atoms with E-state index in [1.807, 2.05) is 25.1 Å². The fourth-order valence-corrected chi connectivity index (χ4v) is 1.09. The monoisotopic (exact) mass is 207 g/mol. The molecule has 1 aromatic heterocycles. The van der Waals surface area contributed by atoms with Gasteiger partial charge in [0.05, 0.1) is 17.3 Å². The number of hydrogen-bond acceptors (Lipinski definition) is 3. The Bertz CT molecular complexity index is 329. The van der Waals surface area contributed by atoms with Crippen molar-refractivity contribution in [3.8, 4) is 0 Å². The molecule has 3 N–H and O–H groups in total. The first-order chi connectivity index (χ1) is 6.91. The lowest BCUT2D eigenvalue weighted by Gasteiger charge is -2.21. The molecular weight excluding hydrogens is 190 g/mol. The van der Waals surface area contributed by atoms with E-state index < -0.39 is 5.54 Å². The second kappa shape index (κ2) is 4.40. The summed E-state index contributed by atoms with van der Waals surface area (Å²) in [6, 6.07) is 5.47. The highest BCUT2D eigenvalue weighted by Gasteiger charge is 2.23. The van der Waals surface area contributed by atoms with Gasteiger partial charge in [-0.05, 0) is 32.9 Å². The molecule has 15 heavy (non-hydrogen) atoms. The first kappa shape index (κ1) is 11.7. The molecular formula is C11H17N3O. The number of carbonyl (C=O) groups is 1. The molecule has 1 heterocycles. The molecule has 0 saturated carbocycles. The molecule has 0 saturated heterocycles. The molecule has 0 aliphatic heterocycles. The molecule has 0 aliphatic rings. The molecule has 0 spiro atoms. The van der Waals surface area contributed by atoms with Gasteiger partial charge in [0.25, 0.3) is 0 Å². The van der Waals surface area contributed by atoms with Crippen LogP contribution < -0.4 is 11.1 Å². The minimum absolute atomic E-state index is 0.124. The summed E-state index contributed by atoms with van der Waals surface area (Å²) in [6.07, 6.45) is 1.70. The van der Waals surface area contributed by atoms with Crippen LogP contribution in [0.1, 0.15) is 32.5 Å². The van der Waals surface area contributed by atoms with Gasteiger partial charge in [-0.2, -0.15) is 0 Å². The number of rotatable bonds is 3. The summed E-state index contributed by atoms with van der Waals surface area (Å²) in [4.78, 5) is 15.7. The number of carbonyl (C=O) groups excluding carboxylic acids is 1. The van der Waals surface area contributed by atoms with Crippen molar-refractivity contribution in [2.45, 2.75) is 32.4 Å². The van der Waals surface area contributed by atoms with Gasteiger partial charge in [-0.1, -0.05) is 6.07 Å². The number of pyridine rings is 1. The van der Waals surface area contributed by atoms with Crippen LogP contribution in [0.3, 0.4) is 0 Å². The molecule has 1 rings (SSSR count). The first-order valence-corrected chi connectivity index (χ1v) is 4.92. The van der Waals surface area contributed by atoms with Gasteiger partial charge in [0.15, 0.2) is 0 Å². The second-order valence-electron chi connectivity index (χ2n) is 4.17. The predicted molar refractivity (Wildman–Crippen MR) is 59.1 cm³/mol. The molecule has 1 atom stereocenters. The van der Waals surface area contributed by atoms with Crippen LogP contribution in [0, 0.1) is 0 Å². The van der Waals surface area contributed by atoms with Gasteiger partial charge in [0, 0.05) is 6.20 Å². The van der Waals surface area contributed by atoms with E-state index in [4.69, 9.17) is 5.73 Å². The molecule has 4 nitrogen and oxygen atoms in total. The van der Waals surface area contributed by atoms with Gasteiger partial charge in [-0.25, -0.2) is 0 Å². The Morgan fingerprint density at radius 2 is 2.20 bits per heavy atom. The predicted octanol–water partition coefficient (Wildman–Crippen LogP) is 0.996. The first-order valence-electron chi connectivity index (χ1n) is 4.92. The fraction of sp³-hybridized carbons (Fsp3) is 0.455.